The molecule has 0 saturated carbocycles. The van der Waals surface area contributed by atoms with Gasteiger partial charge in [-0.3, -0.25) is 4.79 Å². The molecule has 1 aliphatic rings. The largest absolute Gasteiger partial charge is 0.325 e. The second kappa shape index (κ2) is 4.75. The van der Waals surface area contributed by atoms with E-state index in [1.54, 1.807) is 5.38 Å². The Kier molecular flexibility index (Phi) is 3.08. The maximum Gasteiger partial charge on any atom is 0.278 e. The van der Waals surface area contributed by atoms with Crippen LogP contribution in [-0.2, 0) is 13.0 Å². The normalized spacial score (nSPS) is 17.6. The summed E-state index contributed by atoms with van der Waals surface area (Å²) in [6, 6.07) is 8.21. The number of hydrogen-bond donors (Lipinski definition) is 1. The number of rotatable bonds is 2. The molecule has 2 heterocycles. The Labute approximate surface area is 115 Å². The van der Waals surface area contributed by atoms with Crippen LogP contribution in [0.1, 0.15) is 28.0 Å². The van der Waals surface area contributed by atoms with Crippen molar-refractivity contribution in [3.63, 3.8) is 0 Å². The molecule has 0 fully saturated rings. The molecule has 1 atom stereocenters. The Bertz CT molecular complexity index is 623. The zero-order valence-corrected chi connectivity index (χ0v) is 11.5. The van der Waals surface area contributed by atoms with Gasteiger partial charge in [0, 0.05) is 23.7 Å². The molecule has 3 rings (SSSR count). The Hall–Kier alpha value is -1.72. The second-order valence-corrected chi connectivity index (χ2v) is 5.63. The van der Waals surface area contributed by atoms with E-state index in [-0.39, 0.29) is 11.9 Å². The highest BCUT2D eigenvalue weighted by atomic mass is 32.1. The number of benzene rings is 1. The SMILES string of the molecule is CC1Cc2ccccc2N1C(=O)c1csc(CN)n1. The fourth-order valence-electron chi connectivity index (χ4n) is 2.50. The van der Waals surface area contributed by atoms with Crippen molar-refractivity contribution in [2.24, 2.45) is 5.73 Å². The van der Waals surface area contributed by atoms with Crippen LogP contribution in [0.15, 0.2) is 29.6 Å². The smallest absolute Gasteiger partial charge is 0.278 e. The predicted octanol–water partition coefficient (Wildman–Crippen LogP) is 2.19. The average molecular weight is 273 g/mol. The molecule has 5 heteroatoms. The zero-order valence-electron chi connectivity index (χ0n) is 10.7. The van der Waals surface area contributed by atoms with Crippen molar-refractivity contribution in [2.45, 2.75) is 25.9 Å². The molecule has 98 valence electrons. The summed E-state index contributed by atoms with van der Waals surface area (Å²) in [5, 5.41) is 2.58. The molecule has 1 amide bonds. The Balaban J connectivity index is 1.95. The number of amides is 1. The fraction of sp³-hybridized carbons (Fsp3) is 0.286. The van der Waals surface area contributed by atoms with E-state index in [4.69, 9.17) is 5.73 Å². The number of thiazole rings is 1. The highest BCUT2D eigenvalue weighted by molar-refractivity contribution is 7.09. The first-order chi connectivity index (χ1) is 9.20. The van der Waals surface area contributed by atoms with Gasteiger partial charge < -0.3 is 10.6 Å². The minimum absolute atomic E-state index is 0.0339. The summed E-state index contributed by atoms with van der Waals surface area (Å²) in [6.45, 7) is 2.44. The zero-order chi connectivity index (χ0) is 13.4. The van der Waals surface area contributed by atoms with E-state index >= 15 is 0 Å². The van der Waals surface area contributed by atoms with Crippen LogP contribution >= 0.6 is 11.3 Å². The monoisotopic (exact) mass is 273 g/mol. The third kappa shape index (κ3) is 2.05. The van der Waals surface area contributed by atoms with Gasteiger partial charge in [-0.05, 0) is 25.0 Å². The van der Waals surface area contributed by atoms with Gasteiger partial charge in [0.15, 0.2) is 0 Å². The molecule has 19 heavy (non-hydrogen) atoms. The van der Waals surface area contributed by atoms with Crippen LogP contribution < -0.4 is 10.6 Å². The van der Waals surface area contributed by atoms with E-state index in [1.165, 1.54) is 16.9 Å². The summed E-state index contributed by atoms with van der Waals surface area (Å²) in [4.78, 5) is 18.7. The van der Waals surface area contributed by atoms with Gasteiger partial charge in [-0.1, -0.05) is 18.2 Å². The topological polar surface area (TPSA) is 59.2 Å². The fourth-order valence-corrected chi connectivity index (χ4v) is 3.15. The van der Waals surface area contributed by atoms with Crippen molar-refractivity contribution in [1.82, 2.24) is 4.98 Å². The number of aromatic nitrogens is 1. The summed E-state index contributed by atoms with van der Waals surface area (Å²) < 4.78 is 0. The summed E-state index contributed by atoms with van der Waals surface area (Å²) in [5.74, 6) is -0.0339. The van der Waals surface area contributed by atoms with Gasteiger partial charge in [0.05, 0.1) is 0 Å². The van der Waals surface area contributed by atoms with Crippen molar-refractivity contribution in [1.29, 1.82) is 0 Å². The lowest BCUT2D eigenvalue weighted by atomic mass is 10.1. The molecular weight excluding hydrogens is 258 g/mol. The quantitative estimate of drug-likeness (QED) is 0.912. The number of hydrogen-bond acceptors (Lipinski definition) is 4. The summed E-state index contributed by atoms with van der Waals surface area (Å²) in [7, 11) is 0. The van der Waals surface area contributed by atoms with E-state index < -0.39 is 0 Å². The van der Waals surface area contributed by atoms with Crippen LogP contribution in [-0.4, -0.2) is 16.9 Å². The van der Waals surface area contributed by atoms with Crippen molar-refractivity contribution in [2.75, 3.05) is 4.90 Å². The first-order valence-electron chi connectivity index (χ1n) is 6.26. The Morgan fingerprint density at radius 3 is 3.05 bits per heavy atom. The van der Waals surface area contributed by atoms with E-state index in [9.17, 15) is 4.79 Å². The van der Waals surface area contributed by atoms with E-state index in [1.807, 2.05) is 23.1 Å². The van der Waals surface area contributed by atoms with Crippen LogP contribution in [0.2, 0.25) is 0 Å². The molecule has 0 radical (unpaired) electrons. The summed E-state index contributed by atoms with van der Waals surface area (Å²) in [6.07, 6.45) is 0.899. The van der Waals surface area contributed by atoms with Crippen LogP contribution in [0.5, 0.6) is 0 Å². The molecule has 2 aromatic rings. The number of para-hydroxylation sites is 1. The minimum atomic E-state index is -0.0339. The number of carbonyl (C=O) groups excluding carboxylic acids is 1. The molecule has 1 aromatic carbocycles. The predicted molar refractivity (Wildman–Crippen MR) is 76.4 cm³/mol. The summed E-state index contributed by atoms with van der Waals surface area (Å²) >= 11 is 1.44. The average Bonchev–Trinajstić information content (AvgIpc) is 3.01. The molecular formula is C14H15N3OS. The van der Waals surface area contributed by atoms with Crippen molar-refractivity contribution >= 4 is 22.9 Å². The third-order valence-corrected chi connectivity index (χ3v) is 4.24. The Morgan fingerprint density at radius 2 is 2.32 bits per heavy atom. The molecule has 1 aliphatic heterocycles. The highest BCUT2D eigenvalue weighted by Crippen LogP contribution is 2.33. The number of anilines is 1. The van der Waals surface area contributed by atoms with E-state index in [0.717, 1.165) is 17.1 Å². The van der Waals surface area contributed by atoms with Gasteiger partial charge in [0.25, 0.3) is 5.91 Å². The van der Waals surface area contributed by atoms with Gasteiger partial charge in [0.2, 0.25) is 0 Å². The summed E-state index contributed by atoms with van der Waals surface area (Å²) in [5.41, 5.74) is 8.26. The van der Waals surface area contributed by atoms with E-state index in [0.29, 0.717) is 12.2 Å². The molecule has 0 aliphatic carbocycles. The van der Waals surface area contributed by atoms with Crippen LogP contribution in [0.25, 0.3) is 0 Å². The maximum absolute atomic E-state index is 12.6. The second-order valence-electron chi connectivity index (χ2n) is 4.69. The van der Waals surface area contributed by atoms with Gasteiger partial charge in [-0.2, -0.15) is 0 Å². The molecule has 4 nitrogen and oxygen atoms in total. The van der Waals surface area contributed by atoms with Gasteiger partial charge >= 0.3 is 0 Å². The number of fused-ring (bicyclic) bond motifs is 1. The highest BCUT2D eigenvalue weighted by Gasteiger charge is 2.32. The number of nitrogens with two attached hydrogens (primary N) is 1. The lowest BCUT2D eigenvalue weighted by Crippen LogP contribution is -2.35. The van der Waals surface area contributed by atoms with Crippen LogP contribution in [0, 0.1) is 0 Å². The first-order valence-corrected chi connectivity index (χ1v) is 7.14. The van der Waals surface area contributed by atoms with Crippen molar-refractivity contribution in [3.05, 3.63) is 45.9 Å². The number of nitrogens with zero attached hydrogens (tertiary/aromatic N) is 2. The molecule has 1 aromatic heterocycles. The van der Waals surface area contributed by atoms with Crippen molar-refractivity contribution in [3.8, 4) is 0 Å². The van der Waals surface area contributed by atoms with Gasteiger partial charge in [0.1, 0.15) is 10.7 Å². The molecule has 0 bridgehead atoms. The minimum Gasteiger partial charge on any atom is -0.325 e. The Morgan fingerprint density at radius 1 is 1.53 bits per heavy atom. The maximum atomic E-state index is 12.6. The number of carbonyl (C=O) groups is 1. The van der Waals surface area contributed by atoms with Crippen LogP contribution in [0.4, 0.5) is 5.69 Å². The lowest BCUT2D eigenvalue weighted by Gasteiger charge is -2.21. The third-order valence-electron chi connectivity index (χ3n) is 3.37. The van der Waals surface area contributed by atoms with Gasteiger partial charge in [-0.25, -0.2) is 4.98 Å². The van der Waals surface area contributed by atoms with E-state index in [2.05, 4.69) is 18.0 Å². The molecule has 1 unspecified atom stereocenters. The first kappa shape index (κ1) is 12.3. The van der Waals surface area contributed by atoms with Crippen molar-refractivity contribution < 1.29 is 4.79 Å². The van der Waals surface area contributed by atoms with Crippen LogP contribution in [0.3, 0.4) is 0 Å². The lowest BCUT2D eigenvalue weighted by molar-refractivity contribution is 0.0977. The van der Waals surface area contributed by atoms with Gasteiger partial charge in [-0.15, -0.1) is 11.3 Å². The molecule has 2 N–H and O–H groups in total. The standard InChI is InChI=1S/C14H15N3OS/c1-9-6-10-4-2-3-5-12(10)17(9)14(18)11-8-19-13(7-15)16-11/h2-5,8-9H,6-7,15H2,1H3. The molecule has 0 spiro atoms. The molecule has 0 saturated heterocycles.